The monoisotopic (exact) mass is 274 g/mol. The molecular formula is C11H15FN2O3S. The Morgan fingerprint density at radius 1 is 1.44 bits per heavy atom. The summed E-state index contributed by atoms with van der Waals surface area (Å²) in [5.41, 5.74) is -0.178. The van der Waals surface area contributed by atoms with E-state index in [4.69, 9.17) is 5.14 Å². The second-order valence-electron chi connectivity index (χ2n) is 3.84. The first-order valence-corrected chi connectivity index (χ1v) is 7.01. The van der Waals surface area contributed by atoms with E-state index in [1.807, 2.05) is 6.92 Å². The number of carbonyl (C=O) groups excluding carboxylic acids is 1. The minimum atomic E-state index is -3.91. The number of benzene rings is 1. The molecule has 7 heteroatoms. The van der Waals surface area contributed by atoms with E-state index in [1.54, 1.807) is 0 Å². The second-order valence-corrected chi connectivity index (χ2v) is 5.40. The van der Waals surface area contributed by atoms with E-state index in [0.717, 1.165) is 24.6 Å². The summed E-state index contributed by atoms with van der Waals surface area (Å²) in [4.78, 5) is 11.2. The molecule has 1 aromatic carbocycles. The lowest BCUT2D eigenvalue weighted by atomic mass is 10.2. The van der Waals surface area contributed by atoms with E-state index in [1.165, 1.54) is 0 Å². The van der Waals surface area contributed by atoms with E-state index in [9.17, 15) is 17.6 Å². The van der Waals surface area contributed by atoms with Crippen LogP contribution < -0.4 is 10.5 Å². The second kappa shape index (κ2) is 5.92. The number of nitrogens with one attached hydrogen (secondary N) is 1. The summed E-state index contributed by atoms with van der Waals surface area (Å²) in [5.74, 6) is -1.06. The van der Waals surface area contributed by atoms with Crippen molar-refractivity contribution in [3.05, 3.63) is 24.0 Å². The molecule has 1 amide bonds. The van der Waals surface area contributed by atoms with Crippen LogP contribution in [0.25, 0.3) is 0 Å². The Morgan fingerprint density at radius 3 is 2.67 bits per heavy atom. The van der Waals surface area contributed by atoms with Crippen molar-refractivity contribution in [3.63, 3.8) is 0 Å². The van der Waals surface area contributed by atoms with Gasteiger partial charge in [0.2, 0.25) is 15.9 Å². The summed E-state index contributed by atoms with van der Waals surface area (Å²) < 4.78 is 35.6. The van der Waals surface area contributed by atoms with Gasteiger partial charge in [-0.3, -0.25) is 4.79 Å². The summed E-state index contributed by atoms with van der Waals surface area (Å²) in [7, 11) is -3.91. The zero-order valence-corrected chi connectivity index (χ0v) is 10.8. The van der Waals surface area contributed by atoms with Gasteiger partial charge in [0.05, 0.1) is 10.6 Å². The normalized spacial score (nSPS) is 11.3. The molecule has 0 heterocycles. The first kappa shape index (κ1) is 14.6. The van der Waals surface area contributed by atoms with Gasteiger partial charge < -0.3 is 5.32 Å². The number of halogens is 1. The van der Waals surface area contributed by atoms with Crippen LogP contribution in [0.3, 0.4) is 0 Å². The van der Waals surface area contributed by atoms with Crippen molar-refractivity contribution in [3.8, 4) is 0 Å². The quantitative estimate of drug-likeness (QED) is 0.854. The topological polar surface area (TPSA) is 89.3 Å². The highest BCUT2D eigenvalue weighted by molar-refractivity contribution is 7.89. The Balaban J connectivity index is 2.92. The number of carbonyl (C=O) groups is 1. The molecule has 3 N–H and O–H groups in total. The first-order valence-electron chi connectivity index (χ1n) is 5.46. The van der Waals surface area contributed by atoms with Gasteiger partial charge in [0.1, 0.15) is 5.82 Å². The van der Waals surface area contributed by atoms with Crippen LogP contribution >= 0.6 is 0 Å². The van der Waals surface area contributed by atoms with Crippen molar-refractivity contribution >= 4 is 21.6 Å². The number of amides is 1. The maximum absolute atomic E-state index is 13.4. The van der Waals surface area contributed by atoms with Crippen LogP contribution in [0.1, 0.15) is 26.2 Å². The molecule has 0 aliphatic carbocycles. The molecule has 0 aromatic heterocycles. The number of anilines is 1. The minimum absolute atomic E-state index is 0.178. The molecule has 100 valence electrons. The largest absolute Gasteiger partial charge is 0.324 e. The summed E-state index contributed by atoms with van der Waals surface area (Å²) in [6.45, 7) is 1.93. The SMILES string of the molecule is CCCCC(=O)Nc1cc(S(N)(=O)=O)ccc1F. The van der Waals surface area contributed by atoms with Crippen LogP contribution in [0, 0.1) is 5.82 Å². The van der Waals surface area contributed by atoms with Crippen molar-refractivity contribution < 1.29 is 17.6 Å². The van der Waals surface area contributed by atoms with Gasteiger partial charge >= 0.3 is 0 Å². The Kier molecular flexibility index (Phi) is 4.80. The highest BCUT2D eigenvalue weighted by atomic mass is 32.2. The smallest absolute Gasteiger partial charge is 0.238 e. The summed E-state index contributed by atoms with van der Waals surface area (Å²) in [6.07, 6.45) is 1.78. The van der Waals surface area contributed by atoms with Gasteiger partial charge in [-0.05, 0) is 24.6 Å². The predicted molar refractivity (Wildman–Crippen MR) is 65.9 cm³/mol. The van der Waals surface area contributed by atoms with Gasteiger partial charge in [0.25, 0.3) is 0 Å². The molecule has 0 unspecified atom stereocenters. The van der Waals surface area contributed by atoms with Crippen LogP contribution in [-0.4, -0.2) is 14.3 Å². The van der Waals surface area contributed by atoms with E-state index >= 15 is 0 Å². The Labute approximate surface area is 105 Å². The van der Waals surface area contributed by atoms with E-state index < -0.39 is 15.8 Å². The number of unbranched alkanes of at least 4 members (excludes halogenated alkanes) is 1. The number of hydrogen-bond donors (Lipinski definition) is 2. The van der Waals surface area contributed by atoms with Gasteiger partial charge in [0.15, 0.2) is 0 Å². The van der Waals surface area contributed by atoms with Crippen molar-refractivity contribution in [2.24, 2.45) is 5.14 Å². The van der Waals surface area contributed by atoms with Gasteiger partial charge in [-0.2, -0.15) is 0 Å². The van der Waals surface area contributed by atoms with Crippen LogP contribution in [0.5, 0.6) is 0 Å². The fraction of sp³-hybridized carbons (Fsp3) is 0.364. The third-order valence-electron chi connectivity index (χ3n) is 2.30. The highest BCUT2D eigenvalue weighted by Crippen LogP contribution is 2.19. The van der Waals surface area contributed by atoms with Crippen LogP contribution in [0.2, 0.25) is 0 Å². The fourth-order valence-electron chi connectivity index (χ4n) is 1.33. The summed E-state index contributed by atoms with van der Waals surface area (Å²) in [6, 6.07) is 3.01. The van der Waals surface area contributed by atoms with Gasteiger partial charge in [-0.1, -0.05) is 13.3 Å². The Bertz CT molecular complexity index is 543. The average molecular weight is 274 g/mol. The standard InChI is InChI=1S/C11H15FN2O3S/c1-2-3-4-11(15)14-10-7-8(18(13,16)17)5-6-9(10)12/h5-7H,2-4H2,1H3,(H,14,15)(H2,13,16,17). The first-order chi connectivity index (χ1) is 8.34. The number of sulfonamides is 1. The molecule has 0 spiro atoms. The van der Waals surface area contributed by atoms with Crippen LogP contribution in [-0.2, 0) is 14.8 Å². The number of rotatable bonds is 5. The van der Waals surface area contributed by atoms with Gasteiger partial charge in [0, 0.05) is 6.42 Å². The molecule has 0 radical (unpaired) electrons. The summed E-state index contributed by atoms with van der Waals surface area (Å²) in [5, 5.41) is 7.25. The Morgan fingerprint density at radius 2 is 2.11 bits per heavy atom. The van der Waals surface area contributed by atoms with Crippen molar-refractivity contribution in [1.82, 2.24) is 0 Å². The number of nitrogens with two attached hydrogens (primary N) is 1. The molecule has 0 fully saturated rings. The van der Waals surface area contributed by atoms with Crippen molar-refractivity contribution in [2.75, 3.05) is 5.32 Å². The average Bonchev–Trinajstić information content (AvgIpc) is 2.28. The molecule has 0 aliphatic heterocycles. The molecule has 1 aromatic rings. The molecule has 0 atom stereocenters. The lowest BCUT2D eigenvalue weighted by Gasteiger charge is -2.07. The van der Waals surface area contributed by atoms with Gasteiger partial charge in [-0.25, -0.2) is 17.9 Å². The lowest BCUT2D eigenvalue weighted by molar-refractivity contribution is -0.116. The maximum Gasteiger partial charge on any atom is 0.238 e. The van der Waals surface area contributed by atoms with Crippen molar-refractivity contribution in [2.45, 2.75) is 31.1 Å². The number of hydrogen-bond acceptors (Lipinski definition) is 3. The molecule has 5 nitrogen and oxygen atoms in total. The molecule has 1 rings (SSSR count). The van der Waals surface area contributed by atoms with Crippen LogP contribution in [0.4, 0.5) is 10.1 Å². The minimum Gasteiger partial charge on any atom is -0.324 e. The lowest BCUT2D eigenvalue weighted by Crippen LogP contribution is -2.15. The maximum atomic E-state index is 13.4. The highest BCUT2D eigenvalue weighted by Gasteiger charge is 2.13. The zero-order valence-electron chi connectivity index (χ0n) is 9.94. The zero-order chi connectivity index (χ0) is 13.8. The third-order valence-corrected chi connectivity index (χ3v) is 3.21. The molecule has 0 saturated heterocycles. The van der Waals surface area contributed by atoms with E-state index in [2.05, 4.69) is 5.32 Å². The molecule has 0 aliphatic rings. The summed E-state index contributed by atoms with van der Waals surface area (Å²) >= 11 is 0. The molecular weight excluding hydrogens is 259 g/mol. The van der Waals surface area contributed by atoms with Crippen molar-refractivity contribution in [1.29, 1.82) is 0 Å². The molecule has 0 saturated carbocycles. The van der Waals surface area contributed by atoms with E-state index in [-0.39, 0.29) is 22.9 Å². The predicted octanol–water partition coefficient (Wildman–Crippen LogP) is 1.60. The molecule has 0 bridgehead atoms. The number of primary sulfonamides is 1. The van der Waals surface area contributed by atoms with E-state index in [0.29, 0.717) is 6.42 Å². The third kappa shape index (κ3) is 4.08. The van der Waals surface area contributed by atoms with Crippen LogP contribution in [0.15, 0.2) is 23.1 Å². The molecule has 18 heavy (non-hydrogen) atoms. The fourth-order valence-corrected chi connectivity index (χ4v) is 1.87. The van der Waals surface area contributed by atoms with Gasteiger partial charge in [-0.15, -0.1) is 0 Å². The Hall–Kier alpha value is -1.47.